The zero-order valence-electron chi connectivity index (χ0n) is 24.9. The van der Waals surface area contributed by atoms with Gasteiger partial charge in [-0.15, -0.1) is 0 Å². The summed E-state index contributed by atoms with van der Waals surface area (Å²) in [6.07, 6.45) is 1.17. The van der Waals surface area contributed by atoms with Crippen LogP contribution < -0.4 is 5.32 Å². The van der Waals surface area contributed by atoms with Crippen LogP contribution in [-0.4, -0.2) is 94.1 Å². The van der Waals surface area contributed by atoms with E-state index in [9.17, 15) is 22.8 Å². The van der Waals surface area contributed by atoms with Gasteiger partial charge in [0, 0.05) is 86.3 Å². The Morgan fingerprint density at radius 3 is 2.53 bits per heavy atom. The normalized spacial score (nSPS) is 19.3. The number of allylic oxidation sites excluding steroid dienone is 1. The van der Waals surface area contributed by atoms with E-state index in [1.54, 1.807) is 23.9 Å². The van der Waals surface area contributed by atoms with Crippen LogP contribution in [-0.2, 0) is 16.6 Å². The van der Waals surface area contributed by atoms with Crippen molar-refractivity contribution >= 4 is 23.0 Å². The smallest absolute Gasteiger partial charge is 0.401 e. The number of nitrogens with one attached hydrogen (secondary N) is 1. The molecule has 2 unspecified atom stereocenters. The molecule has 1 fully saturated rings. The topological polar surface area (TPSA) is 96.5 Å². The lowest BCUT2D eigenvalue weighted by molar-refractivity contribution is -0.149. The Labute approximate surface area is 247 Å². The van der Waals surface area contributed by atoms with Gasteiger partial charge in [0.2, 0.25) is 0 Å². The predicted octanol–water partition coefficient (Wildman–Crippen LogP) is 3.77. The third-order valence-electron chi connectivity index (χ3n) is 8.29. The summed E-state index contributed by atoms with van der Waals surface area (Å²) in [7, 11) is 3.33. The fourth-order valence-corrected chi connectivity index (χ4v) is 6.05. The van der Waals surface area contributed by atoms with Crippen LogP contribution in [0.4, 0.5) is 13.2 Å². The number of fused-ring (bicyclic) bond motifs is 1. The quantitative estimate of drug-likeness (QED) is 0.424. The SMILES string of the molecule is COC1=CC(C)=NC(=O)C1CNC(=O)c1cc2cc(-c3ccnn3C)cn2c(C(C)N2CCN(CC(F)(F)F)CC2)c1C. The Kier molecular flexibility index (Phi) is 8.48. The first kappa shape index (κ1) is 30.5. The minimum absolute atomic E-state index is 0.0199. The summed E-state index contributed by atoms with van der Waals surface area (Å²) in [5, 5.41) is 7.18. The number of amides is 2. The average molecular weight is 600 g/mol. The molecule has 2 atom stereocenters. The second-order valence-corrected chi connectivity index (χ2v) is 11.1. The van der Waals surface area contributed by atoms with Gasteiger partial charge in [0.25, 0.3) is 11.8 Å². The van der Waals surface area contributed by atoms with Crippen molar-refractivity contribution in [3.05, 3.63) is 59.2 Å². The number of aromatic nitrogens is 3. The highest BCUT2D eigenvalue weighted by atomic mass is 19.4. The van der Waals surface area contributed by atoms with Crippen LogP contribution in [0.25, 0.3) is 16.8 Å². The number of ether oxygens (including phenoxy) is 1. The van der Waals surface area contributed by atoms with Crippen molar-refractivity contribution in [1.82, 2.24) is 29.3 Å². The van der Waals surface area contributed by atoms with Gasteiger partial charge in [0.1, 0.15) is 11.7 Å². The number of hydrogen-bond donors (Lipinski definition) is 1. The number of aryl methyl sites for hydroxylation is 1. The summed E-state index contributed by atoms with van der Waals surface area (Å²) < 4.78 is 48.1. The standard InChI is InChI=1S/C30H36F3N7O3/c1-18-12-26(43-5)24(29(42)36-18)15-34-28(41)23-14-22-13-21(25-6-7-35-37(25)4)16-40(22)27(19(23)2)20(3)39-10-8-38(9-11-39)17-30(31,32)33/h6-7,12-14,16,20,24H,8-11,15,17H2,1-5H3,(H,34,41). The molecule has 230 valence electrons. The number of nitrogens with zero attached hydrogens (tertiary/aromatic N) is 6. The first-order chi connectivity index (χ1) is 20.4. The summed E-state index contributed by atoms with van der Waals surface area (Å²) in [5.41, 5.74) is 5.21. The highest BCUT2D eigenvalue weighted by molar-refractivity contribution is 6.05. The van der Waals surface area contributed by atoms with Crippen LogP contribution in [0.5, 0.6) is 0 Å². The van der Waals surface area contributed by atoms with E-state index in [0.717, 1.165) is 28.0 Å². The van der Waals surface area contributed by atoms with Crippen molar-refractivity contribution in [3.63, 3.8) is 0 Å². The number of methoxy groups -OCH3 is 1. The molecule has 2 amide bonds. The van der Waals surface area contributed by atoms with Gasteiger partial charge in [0.05, 0.1) is 19.3 Å². The van der Waals surface area contributed by atoms with E-state index < -0.39 is 18.6 Å². The number of piperazine rings is 1. The van der Waals surface area contributed by atoms with Crippen molar-refractivity contribution in [2.45, 2.75) is 33.0 Å². The predicted molar refractivity (Wildman–Crippen MR) is 156 cm³/mol. The van der Waals surface area contributed by atoms with E-state index in [1.165, 1.54) is 12.0 Å². The molecule has 2 aliphatic rings. The number of dihydropyridines is 1. The number of hydrogen-bond acceptors (Lipinski definition) is 6. The monoisotopic (exact) mass is 599 g/mol. The number of carbonyl (C=O) groups is 2. The molecule has 3 aromatic rings. The molecule has 13 heteroatoms. The lowest BCUT2D eigenvalue weighted by Crippen LogP contribution is -2.50. The zero-order valence-corrected chi connectivity index (χ0v) is 24.9. The van der Waals surface area contributed by atoms with Gasteiger partial charge in [0.15, 0.2) is 0 Å². The van der Waals surface area contributed by atoms with E-state index in [0.29, 0.717) is 43.2 Å². The van der Waals surface area contributed by atoms with Crippen LogP contribution >= 0.6 is 0 Å². The van der Waals surface area contributed by atoms with Crippen molar-refractivity contribution in [3.8, 4) is 11.3 Å². The molecule has 0 aromatic carbocycles. The zero-order chi connectivity index (χ0) is 31.1. The lowest BCUT2D eigenvalue weighted by atomic mass is 9.99. The second kappa shape index (κ2) is 12.0. The molecule has 1 saturated heterocycles. The van der Waals surface area contributed by atoms with Crippen molar-refractivity contribution in [1.29, 1.82) is 0 Å². The van der Waals surface area contributed by atoms with Gasteiger partial charge >= 0.3 is 6.18 Å². The summed E-state index contributed by atoms with van der Waals surface area (Å²) >= 11 is 0. The number of alkyl halides is 3. The highest BCUT2D eigenvalue weighted by Crippen LogP contribution is 2.32. The molecule has 0 saturated carbocycles. The van der Waals surface area contributed by atoms with Crippen molar-refractivity contribution in [2.24, 2.45) is 18.0 Å². The highest BCUT2D eigenvalue weighted by Gasteiger charge is 2.34. The molecule has 2 aliphatic heterocycles. The number of carbonyl (C=O) groups excluding carboxylic acids is 2. The van der Waals surface area contributed by atoms with E-state index in [2.05, 4.69) is 24.7 Å². The molecule has 1 N–H and O–H groups in total. The molecular weight excluding hydrogens is 563 g/mol. The fraction of sp³-hybridized carbons (Fsp3) is 0.467. The Balaban J connectivity index is 1.47. The van der Waals surface area contributed by atoms with Crippen LogP contribution in [0.3, 0.4) is 0 Å². The Morgan fingerprint density at radius 1 is 1.19 bits per heavy atom. The van der Waals surface area contributed by atoms with Gasteiger partial charge in [-0.1, -0.05) is 0 Å². The third-order valence-corrected chi connectivity index (χ3v) is 8.29. The minimum Gasteiger partial charge on any atom is -0.500 e. The third kappa shape index (κ3) is 6.37. The molecule has 0 bridgehead atoms. The first-order valence-electron chi connectivity index (χ1n) is 14.2. The number of aliphatic imine (C=N–C) groups is 1. The molecule has 0 radical (unpaired) electrons. The van der Waals surface area contributed by atoms with Gasteiger partial charge in [-0.05, 0) is 50.6 Å². The second-order valence-electron chi connectivity index (χ2n) is 11.1. The van der Waals surface area contributed by atoms with Crippen molar-refractivity contribution < 1.29 is 27.5 Å². The van der Waals surface area contributed by atoms with Gasteiger partial charge in [-0.3, -0.25) is 24.1 Å². The summed E-state index contributed by atoms with van der Waals surface area (Å²) in [4.78, 5) is 33.8. The lowest BCUT2D eigenvalue weighted by Gasteiger charge is -2.39. The van der Waals surface area contributed by atoms with E-state index >= 15 is 0 Å². The number of rotatable bonds is 8. The Bertz CT molecular complexity index is 1600. The summed E-state index contributed by atoms with van der Waals surface area (Å²) in [5.74, 6) is -1.01. The fourth-order valence-electron chi connectivity index (χ4n) is 6.05. The van der Waals surface area contributed by atoms with Gasteiger partial charge < -0.3 is 14.5 Å². The molecule has 5 rings (SSSR count). The van der Waals surface area contributed by atoms with Crippen LogP contribution in [0, 0.1) is 12.8 Å². The molecular formula is C30H36F3N7O3. The molecule has 43 heavy (non-hydrogen) atoms. The maximum Gasteiger partial charge on any atom is 0.401 e. The van der Waals surface area contributed by atoms with E-state index in [4.69, 9.17) is 4.74 Å². The number of halogens is 3. The number of pyridine rings is 1. The van der Waals surface area contributed by atoms with Gasteiger partial charge in [-0.25, -0.2) is 4.99 Å². The van der Waals surface area contributed by atoms with Crippen molar-refractivity contribution in [2.75, 3.05) is 46.4 Å². The Hall–Kier alpha value is -3.97. The maximum atomic E-state index is 13.7. The Morgan fingerprint density at radius 2 is 1.91 bits per heavy atom. The van der Waals surface area contributed by atoms with Crippen LogP contribution in [0.2, 0.25) is 0 Å². The van der Waals surface area contributed by atoms with Gasteiger partial charge in [-0.2, -0.15) is 18.3 Å². The first-order valence-corrected chi connectivity index (χ1v) is 14.2. The summed E-state index contributed by atoms with van der Waals surface area (Å²) in [6, 6.07) is 5.51. The van der Waals surface area contributed by atoms with E-state index in [-0.39, 0.29) is 24.4 Å². The van der Waals surface area contributed by atoms with Crippen LogP contribution in [0.15, 0.2) is 47.4 Å². The molecule has 0 aliphatic carbocycles. The van der Waals surface area contributed by atoms with Crippen LogP contribution in [0.1, 0.15) is 41.5 Å². The summed E-state index contributed by atoms with van der Waals surface area (Å²) in [6.45, 7) is 6.21. The largest absolute Gasteiger partial charge is 0.500 e. The molecule has 10 nitrogen and oxygen atoms in total. The maximum absolute atomic E-state index is 13.7. The minimum atomic E-state index is -4.24. The molecule has 3 aromatic heterocycles. The molecule has 5 heterocycles. The van der Waals surface area contributed by atoms with E-state index in [1.807, 2.05) is 45.3 Å². The average Bonchev–Trinajstić information content (AvgIpc) is 3.56. The molecule has 0 spiro atoms.